The van der Waals surface area contributed by atoms with E-state index in [0.29, 0.717) is 11.5 Å². The fourth-order valence-corrected chi connectivity index (χ4v) is 3.25. The number of nitrogens with zero attached hydrogens (tertiary/aromatic N) is 1. The second-order valence-corrected chi connectivity index (χ2v) is 7.60. The first kappa shape index (κ1) is 27.2. The van der Waals surface area contributed by atoms with Crippen LogP contribution in [-0.2, 0) is 19.1 Å². The minimum absolute atomic E-state index is 0.0330. The van der Waals surface area contributed by atoms with Gasteiger partial charge in [0.1, 0.15) is 17.6 Å². The second-order valence-electron chi connectivity index (χ2n) is 7.60. The van der Waals surface area contributed by atoms with E-state index in [0.717, 1.165) is 0 Å². The fraction of sp³-hybridized carbons (Fsp3) is 0.148. The quantitative estimate of drug-likeness (QED) is 0.382. The van der Waals surface area contributed by atoms with Gasteiger partial charge in [-0.15, -0.1) is 0 Å². The molecule has 0 fully saturated rings. The maximum absolute atomic E-state index is 13.2. The molecule has 3 aromatic carbocycles. The predicted octanol–water partition coefficient (Wildman–Crippen LogP) is 3.05. The molecule has 3 aromatic rings. The number of para-hydroxylation sites is 1. The molecule has 0 radical (unpaired) electrons. The van der Waals surface area contributed by atoms with Crippen molar-refractivity contribution in [1.82, 2.24) is 0 Å². The number of carbonyl (C=O) groups is 4. The number of hydrogen-bond acceptors (Lipinski definition) is 9. The largest absolute Gasteiger partial charge is 0.497 e. The molecule has 0 aromatic heterocycles. The molecule has 0 spiro atoms. The highest BCUT2D eigenvalue weighted by Crippen LogP contribution is 2.20. The monoisotopic (exact) mass is 518 g/mol. The molecule has 194 valence electrons. The standard InChI is InChI=1S/C27H22N2O9/c1-35-19-10-5-8-16(13-19)26(33)37-22(24(30)29-21-12-4-3-7-18(21)15-28)23(25(31)32)38-27(34)17-9-6-11-20(14-17)36-2/h3-14,22-23H,1-2H3,(H,29,30)(H,31,32)/t22-,23+/m1/s1. The highest BCUT2D eigenvalue weighted by atomic mass is 16.6. The molecule has 1 amide bonds. The molecule has 0 aliphatic heterocycles. The number of rotatable bonds is 10. The number of nitrogens with one attached hydrogen (secondary N) is 1. The Kier molecular flexibility index (Phi) is 8.99. The first-order valence-electron chi connectivity index (χ1n) is 11.0. The highest BCUT2D eigenvalue weighted by Gasteiger charge is 2.41. The van der Waals surface area contributed by atoms with Crippen molar-refractivity contribution in [3.05, 3.63) is 89.5 Å². The summed E-state index contributed by atoms with van der Waals surface area (Å²) in [6.45, 7) is 0. The number of ether oxygens (including phenoxy) is 4. The number of aliphatic carboxylic acids is 1. The predicted molar refractivity (Wildman–Crippen MR) is 132 cm³/mol. The van der Waals surface area contributed by atoms with Crippen LogP contribution in [0.5, 0.6) is 11.5 Å². The lowest BCUT2D eigenvalue weighted by atomic mass is 10.1. The summed E-state index contributed by atoms with van der Waals surface area (Å²) in [5.74, 6) is -4.48. The Balaban J connectivity index is 1.96. The third-order valence-corrected chi connectivity index (χ3v) is 5.16. The van der Waals surface area contributed by atoms with E-state index in [1.807, 2.05) is 6.07 Å². The van der Waals surface area contributed by atoms with Crippen LogP contribution < -0.4 is 14.8 Å². The van der Waals surface area contributed by atoms with Crippen LogP contribution in [-0.4, -0.2) is 55.3 Å². The van der Waals surface area contributed by atoms with Gasteiger partial charge in [-0.2, -0.15) is 5.26 Å². The summed E-state index contributed by atoms with van der Waals surface area (Å²) in [4.78, 5) is 51.1. The zero-order valence-corrected chi connectivity index (χ0v) is 20.2. The lowest BCUT2D eigenvalue weighted by molar-refractivity contribution is -0.157. The number of anilines is 1. The number of carbonyl (C=O) groups excluding carboxylic acids is 3. The van der Waals surface area contributed by atoms with Gasteiger partial charge in [0.2, 0.25) is 12.2 Å². The van der Waals surface area contributed by atoms with Gasteiger partial charge < -0.3 is 29.4 Å². The molecule has 0 aliphatic carbocycles. The summed E-state index contributed by atoms with van der Waals surface area (Å²) >= 11 is 0. The second kappa shape index (κ2) is 12.5. The third kappa shape index (κ3) is 6.64. The van der Waals surface area contributed by atoms with E-state index in [2.05, 4.69) is 5.32 Å². The van der Waals surface area contributed by atoms with Gasteiger partial charge in [0.25, 0.3) is 5.91 Å². The van der Waals surface area contributed by atoms with Crippen molar-refractivity contribution in [2.75, 3.05) is 19.5 Å². The van der Waals surface area contributed by atoms with Crippen LogP contribution >= 0.6 is 0 Å². The third-order valence-electron chi connectivity index (χ3n) is 5.16. The molecule has 0 saturated heterocycles. The van der Waals surface area contributed by atoms with Crippen molar-refractivity contribution in [3.63, 3.8) is 0 Å². The zero-order chi connectivity index (χ0) is 27.7. The van der Waals surface area contributed by atoms with Gasteiger partial charge in [-0.05, 0) is 48.5 Å². The van der Waals surface area contributed by atoms with Crippen molar-refractivity contribution in [3.8, 4) is 17.6 Å². The van der Waals surface area contributed by atoms with Crippen molar-refractivity contribution in [1.29, 1.82) is 5.26 Å². The number of amides is 1. The molecule has 0 unspecified atom stereocenters. The molecular weight excluding hydrogens is 496 g/mol. The number of methoxy groups -OCH3 is 2. The summed E-state index contributed by atoms with van der Waals surface area (Å²) < 4.78 is 20.5. The first-order chi connectivity index (χ1) is 18.3. The van der Waals surface area contributed by atoms with Gasteiger partial charge >= 0.3 is 17.9 Å². The molecule has 11 heteroatoms. The van der Waals surface area contributed by atoms with E-state index >= 15 is 0 Å². The number of hydrogen-bond donors (Lipinski definition) is 2. The number of carboxylic acids is 1. The van der Waals surface area contributed by atoms with Gasteiger partial charge in [0.05, 0.1) is 36.6 Å². The minimum atomic E-state index is -2.25. The van der Waals surface area contributed by atoms with Crippen molar-refractivity contribution >= 4 is 29.5 Å². The van der Waals surface area contributed by atoms with E-state index in [-0.39, 0.29) is 22.4 Å². The SMILES string of the molecule is COc1cccc(C(=O)O[C@H](C(=O)O)[C@@H](OC(=O)c2cccc(OC)c2)C(=O)Nc2ccccc2C#N)c1. The van der Waals surface area contributed by atoms with Gasteiger partial charge in [-0.1, -0.05) is 24.3 Å². The normalized spacial score (nSPS) is 11.7. The van der Waals surface area contributed by atoms with E-state index in [1.165, 1.54) is 68.8 Å². The summed E-state index contributed by atoms with van der Waals surface area (Å²) in [5.41, 5.74) is -0.0174. The van der Waals surface area contributed by atoms with Gasteiger partial charge in [-0.25, -0.2) is 14.4 Å². The summed E-state index contributed by atoms with van der Waals surface area (Å²) in [5, 5.41) is 21.6. The van der Waals surface area contributed by atoms with Crippen LogP contribution in [0.3, 0.4) is 0 Å². The summed E-state index contributed by atoms with van der Waals surface area (Å²) in [6.07, 6.45) is -4.40. The summed E-state index contributed by atoms with van der Waals surface area (Å²) in [7, 11) is 2.76. The number of nitriles is 1. The zero-order valence-electron chi connectivity index (χ0n) is 20.2. The minimum Gasteiger partial charge on any atom is -0.497 e. The molecule has 0 heterocycles. The van der Waals surface area contributed by atoms with Crippen molar-refractivity contribution < 1.29 is 43.2 Å². The van der Waals surface area contributed by atoms with Crippen LogP contribution in [0.4, 0.5) is 5.69 Å². The van der Waals surface area contributed by atoms with E-state index < -0.39 is 36.0 Å². The van der Waals surface area contributed by atoms with Crippen molar-refractivity contribution in [2.24, 2.45) is 0 Å². The van der Waals surface area contributed by atoms with Crippen LogP contribution in [0.1, 0.15) is 26.3 Å². The number of esters is 2. The van der Waals surface area contributed by atoms with Crippen LogP contribution in [0, 0.1) is 11.3 Å². The Morgan fingerprint density at radius 3 is 1.82 bits per heavy atom. The molecule has 3 rings (SSSR count). The van der Waals surface area contributed by atoms with E-state index in [1.54, 1.807) is 18.2 Å². The van der Waals surface area contributed by atoms with Crippen LogP contribution in [0.25, 0.3) is 0 Å². The Hall–Kier alpha value is -5.37. The molecule has 0 saturated carbocycles. The molecule has 2 N–H and O–H groups in total. The van der Waals surface area contributed by atoms with E-state index in [9.17, 15) is 29.5 Å². The Morgan fingerprint density at radius 1 is 0.789 bits per heavy atom. The lowest BCUT2D eigenvalue weighted by Crippen LogP contribution is -2.48. The van der Waals surface area contributed by atoms with Crippen LogP contribution in [0.2, 0.25) is 0 Å². The number of benzene rings is 3. The maximum Gasteiger partial charge on any atom is 0.349 e. The summed E-state index contributed by atoms with van der Waals surface area (Å²) in [6, 6.07) is 19.2. The molecular formula is C27H22N2O9. The molecule has 2 atom stereocenters. The topological polar surface area (TPSA) is 161 Å². The molecule has 11 nitrogen and oxygen atoms in total. The van der Waals surface area contributed by atoms with Crippen LogP contribution in [0.15, 0.2) is 72.8 Å². The van der Waals surface area contributed by atoms with E-state index in [4.69, 9.17) is 18.9 Å². The fourth-order valence-electron chi connectivity index (χ4n) is 3.25. The molecule has 0 aliphatic rings. The van der Waals surface area contributed by atoms with Gasteiger partial charge in [0, 0.05) is 0 Å². The van der Waals surface area contributed by atoms with Crippen molar-refractivity contribution in [2.45, 2.75) is 12.2 Å². The smallest absolute Gasteiger partial charge is 0.349 e. The first-order valence-corrected chi connectivity index (χ1v) is 11.0. The Labute approximate surface area is 217 Å². The average Bonchev–Trinajstić information content (AvgIpc) is 2.94. The van der Waals surface area contributed by atoms with Gasteiger partial charge in [-0.3, -0.25) is 4.79 Å². The Bertz CT molecular complexity index is 1400. The average molecular weight is 518 g/mol. The maximum atomic E-state index is 13.2. The highest BCUT2D eigenvalue weighted by molar-refractivity contribution is 6.02. The molecule has 38 heavy (non-hydrogen) atoms. The lowest BCUT2D eigenvalue weighted by Gasteiger charge is -2.24. The Morgan fingerprint density at radius 2 is 1.32 bits per heavy atom. The number of carboxylic acid groups (broad SMARTS) is 1. The van der Waals surface area contributed by atoms with Gasteiger partial charge in [0.15, 0.2) is 0 Å². The molecule has 0 bridgehead atoms.